The highest BCUT2D eigenvalue weighted by Gasteiger charge is 2.23. The molecule has 1 amide bonds. The molecular formula is C14H23Cl2N3O. The molecule has 0 unspecified atom stereocenters. The maximum absolute atomic E-state index is 12.0. The quantitative estimate of drug-likeness (QED) is 0.897. The van der Waals surface area contributed by atoms with Crippen LogP contribution in [0.4, 0.5) is 5.69 Å². The highest BCUT2D eigenvalue weighted by atomic mass is 35.5. The van der Waals surface area contributed by atoms with Crippen molar-refractivity contribution in [3.05, 3.63) is 29.3 Å². The number of rotatable bonds is 3. The Labute approximate surface area is 132 Å². The number of carbonyl (C=O) groups is 1. The molecule has 1 aromatic carbocycles. The molecular weight excluding hydrogens is 297 g/mol. The van der Waals surface area contributed by atoms with E-state index in [2.05, 4.69) is 5.32 Å². The van der Waals surface area contributed by atoms with Crippen molar-refractivity contribution in [2.45, 2.75) is 26.3 Å². The molecule has 1 atom stereocenters. The molecule has 1 saturated heterocycles. The van der Waals surface area contributed by atoms with Gasteiger partial charge in [-0.25, -0.2) is 0 Å². The van der Waals surface area contributed by atoms with Crippen LogP contribution in [0.2, 0.25) is 0 Å². The van der Waals surface area contributed by atoms with Crippen LogP contribution in [-0.4, -0.2) is 36.5 Å². The van der Waals surface area contributed by atoms with Gasteiger partial charge in [0.15, 0.2) is 0 Å². The third-order valence-electron chi connectivity index (χ3n) is 3.47. The maximum Gasteiger partial charge on any atom is 0.241 e. The van der Waals surface area contributed by atoms with E-state index in [9.17, 15) is 4.79 Å². The molecule has 3 N–H and O–H groups in total. The molecule has 6 heteroatoms. The molecule has 20 heavy (non-hydrogen) atoms. The summed E-state index contributed by atoms with van der Waals surface area (Å²) in [6, 6.07) is 6.27. The molecule has 1 aliphatic rings. The number of nitrogens with two attached hydrogens (primary N) is 1. The first-order chi connectivity index (χ1) is 8.58. The van der Waals surface area contributed by atoms with Gasteiger partial charge in [0.25, 0.3) is 0 Å². The van der Waals surface area contributed by atoms with Crippen LogP contribution in [0, 0.1) is 13.8 Å². The van der Waals surface area contributed by atoms with E-state index < -0.39 is 0 Å². The van der Waals surface area contributed by atoms with Gasteiger partial charge in [0.1, 0.15) is 0 Å². The van der Waals surface area contributed by atoms with Gasteiger partial charge < -0.3 is 16.0 Å². The van der Waals surface area contributed by atoms with Gasteiger partial charge in [0.2, 0.25) is 5.91 Å². The highest BCUT2D eigenvalue weighted by molar-refractivity contribution is 5.85. The fourth-order valence-corrected chi connectivity index (χ4v) is 2.38. The third kappa shape index (κ3) is 4.54. The van der Waals surface area contributed by atoms with Crippen molar-refractivity contribution >= 4 is 36.4 Å². The predicted octanol–water partition coefficient (Wildman–Crippen LogP) is 2.12. The van der Waals surface area contributed by atoms with E-state index in [1.54, 1.807) is 0 Å². The van der Waals surface area contributed by atoms with E-state index >= 15 is 0 Å². The SMILES string of the molecule is Cc1cccc(C)c1NCC(=O)N1CC[C@@H](N)C1.Cl.Cl. The Kier molecular flexibility index (Phi) is 7.94. The second kappa shape index (κ2) is 8.35. The first-order valence-electron chi connectivity index (χ1n) is 6.41. The zero-order valence-corrected chi connectivity index (χ0v) is 13.5. The summed E-state index contributed by atoms with van der Waals surface area (Å²) in [4.78, 5) is 13.8. The monoisotopic (exact) mass is 319 g/mol. The molecule has 114 valence electrons. The van der Waals surface area contributed by atoms with E-state index in [4.69, 9.17) is 5.73 Å². The van der Waals surface area contributed by atoms with Crippen LogP contribution in [0.15, 0.2) is 18.2 Å². The predicted molar refractivity (Wildman–Crippen MR) is 88.1 cm³/mol. The zero-order valence-electron chi connectivity index (χ0n) is 11.9. The van der Waals surface area contributed by atoms with Crippen molar-refractivity contribution in [1.29, 1.82) is 0 Å². The van der Waals surface area contributed by atoms with Gasteiger partial charge in [0.05, 0.1) is 6.54 Å². The molecule has 0 bridgehead atoms. The molecule has 1 fully saturated rings. The Morgan fingerprint density at radius 1 is 1.35 bits per heavy atom. The average Bonchev–Trinajstić information content (AvgIpc) is 2.75. The van der Waals surface area contributed by atoms with Crippen LogP contribution in [0.25, 0.3) is 0 Å². The molecule has 0 radical (unpaired) electrons. The van der Waals surface area contributed by atoms with E-state index in [1.165, 1.54) is 11.1 Å². The van der Waals surface area contributed by atoms with Gasteiger partial charge >= 0.3 is 0 Å². The lowest BCUT2D eigenvalue weighted by atomic mass is 10.1. The summed E-state index contributed by atoms with van der Waals surface area (Å²) in [5, 5.41) is 3.24. The van der Waals surface area contributed by atoms with Crippen molar-refractivity contribution in [3.63, 3.8) is 0 Å². The van der Waals surface area contributed by atoms with Crippen LogP contribution < -0.4 is 11.1 Å². The highest BCUT2D eigenvalue weighted by Crippen LogP contribution is 2.19. The van der Waals surface area contributed by atoms with Gasteiger partial charge in [-0.1, -0.05) is 18.2 Å². The van der Waals surface area contributed by atoms with Crippen molar-refractivity contribution < 1.29 is 4.79 Å². The Morgan fingerprint density at radius 2 is 1.95 bits per heavy atom. The largest absolute Gasteiger partial charge is 0.376 e. The Bertz CT molecular complexity index is 434. The van der Waals surface area contributed by atoms with Crippen LogP contribution in [0.1, 0.15) is 17.5 Å². The number of halogens is 2. The number of nitrogens with one attached hydrogen (secondary N) is 1. The maximum atomic E-state index is 12.0. The molecule has 0 spiro atoms. The molecule has 0 aliphatic carbocycles. The van der Waals surface area contributed by atoms with Crippen LogP contribution in [0.3, 0.4) is 0 Å². The summed E-state index contributed by atoms with van der Waals surface area (Å²) < 4.78 is 0. The summed E-state index contributed by atoms with van der Waals surface area (Å²) in [7, 11) is 0. The summed E-state index contributed by atoms with van der Waals surface area (Å²) in [6.45, 7) is 5.91. The number of aryl methyl sites for hydroxylation is 2. The Balaban J connectivity index is 0.00000180. The lowest BCUT2D eigenvalue weighted by Crippen LogP contribution is -2.35. The van der Waals surface area contributed by atoms with Gasteiger partial charge in [-0.2, -0.15) is 0 Å². The number of amides is 1. The van der Waals surface area contributed by atoms with Crippen molar-refractivity contribution in [1.82, 2.24) is 4.90 Å². The fourth-order valence-electron chi connectivity index (χ4n) is 2.38. The number of likely N-dealkylation sites (tertiary alicyclic amines) is 1. The zero-order chi connectivity index (χ0) is 13.1. The molecule has 1 heterocycles. The molecule has 2 rings (SSSR count). The topological polar surface area (TPSA) is 58.4 Å². The van der Waals surface area contributed by atoms with E-state index in [-0.39, 0.29) is 36.8 Å². The fraction of sp³-hybridized carbons (Fsp3) is 0.500. The van der Waals surface area contributed by atoms with E-state index in [0.29, 0.717) is 13.1 Å². The summed E-state index contributed by atoms with van der Waals surface area (Å²) in [6.07, 6.45) is 0.912. The lowest BCUT2D eigenvalue weighted by Gasteiger charge is -2.18. The Morgan fingerprint density at radius 3 is 2.45 bits per heavy atom. The normalized spacial score (nSPS) is 17.1. The van der Waals surface area contributed by atoms with Gasteiger partial charge in [-0.3, -0.25) is 4.79 Å². The van der Waals surface area contributed by atoms with Crippen molar-refractivity contribution in [2.75, 3.05) is 25.0 Å². The number of nitrogens with zero attached hydrogens (tertiary/aromatic N) is 1. The summed E-state index contributed by atoms with van der Waals surface area (Å²) in [5.41, 5.74) is 9.20. The minimum absolute atomic E-state index is 0. The lowest BCUT2D eigenvalue weighted by molar-refractivity contribution is -0.128. The van der Waals surface area contributed by atoms with Crippen LogP contribution >= 0.6 is 24.8 Å². The molecule has 4 nitrogen and oxygen atoms in total. The number of hydrogen-bond acceptors (Lipinski definition) is 3. The molecule has 1 aromatic rings. The second-order valence-electron chi connectivity index (χ2n) is 5.01. The first-order valence-corrected chi connectivity index (χ1v) is 6.41. The minimum Gasteiger partial charge on any atom is -0.376 e. The minimum atomic E-state index is 0. The number of carbonyl (C=O) groups excluding carboxylic acids is 1. The van der Waals surface area contributed by atoms with E-state index in [0.717, 1.165) is 18.7 Å². The number of para-hydroxylation sites is 1. The van der Waals surface area contributed by atoms with Crippen molar-refractivity contribution in [2.24, 2.45) is 5.73 Å². The third-order valence-corrected chi connectivity index (χ3v) is 3.47. The standard InChI is InChI=1S/C14H21N3O.2ClH/c1-10-4-3-5-11(2)14(10)16-8-13(18)17-7-6-12(15)9-17;;/h3-5,12,16H,6-9,15H2,1-2H3;2*1H/t12-;;/m1../s1. The van der Waals surface area contributed by atoms with Crippen molar-refractivity contribution in [3.8, 4) is 0 Å². The second-order valence-corrected chi connectivity index (χ2v) is 5.01. The molecule has 1 aliphatic heterocycles. The number of benzene rings is 1. The van der Waals surface area contributed by atoms with Crippen LogP contribution in [-0.2, 0) is 4.79 Å². The van der Waals surface area contributed by atoms with Gasteiger partial charge in [-0.15, -0.1) is 24.8 Å². The van der Waals surface area contributed by atoms with Gasteiger partial charge in [-0.05, 0) is 31.4 Å². The molecule has 0 saturated carbocycles. The van der Waals surface area contributed by atoms with E-state index in [1.807, 2.05) is 36.9 Å². The summed E-state index contributed by atoms with van der Waals surface area (Å²) >= 11 is 0. The first kappa shape index (κ1) is 19.0. The Hall–Kier alpha value is -0.970. The number of hydrogen-bond donors (Lipinski definition) is 2. The number of anilines is 1. The molecule has 0 aromatic heterocycles. The van der Waals surface area contributed by atoms with Crippen LogP contribution in [0.5, 0.6) is 0 Å². The average molecular weight is 320 g/mol. The smallest absolute Gasteiger partial charge is 0.241 e. The summed E-state index contributed by atoms with van der Waals surface area (Å²) in [5.74, 6) is 0.130. The van der Waals surface area contributed by atoms with Gasteiger partial charge in [0, 0.05) is 24.8 Å².